The third-order valence-electron chi connectivity index (χ3n) is 2.73. The van der Waals surface area contributed by atoms with Gasteiger partial charge in [-0.15, -0.1) is 5.10 Å². The van der Waals surface area contributed by atoms with Gasteiger partial charge in [0.1, 0.15) is 0 Å². The molecule has 0 atom stereocenters. The van der Waals surface area contributed by atoms with Crippen LogP contribution in [0.2, 0.25) is 0 Å². The van der Waals surface area contributed by atoms with Gasteiger partial charge in [-0.3, -0.25) is 4.79 Å². The molecular weight excluding hydrogens is 256 g/mol. The van der Waals surface area contributed by atoms with E-state index in [1.54, 1.807) is 6.92 Å². The number of carbonyl (C=O) groups is 1. The van der Waals surface area contributed by atoms with Crippen molar-refractivity contribution in [2.45, 2.75) is 13.8 Å². The zero-order valence-electron chi connectivity index (χ0n) is 11.3. The van der Waals surface area contributed by atoms with E-state index in [-0.39, 0.29) is 12.3 Å². The lowest BCUT2D eigenvalue weighted by Gasteiger charge is -1.98. The highest BCUT2D eigenvalue weighted by molar-refractivity contribution is 5.87. The lowest BCUT2D eigenvalue weighted by Crippen LogP contribution is -2.17. The van der Waals surface area contributed by atoms with Crippen molar-refractivity contribution < 1.29 is 9.53 Å². The number of rotatable bonds is 3. The Morgan fingerprint density at radius 3 is 2.55 bits per heavy atom. The molecule has 0 spiro atoms. The molecule has 5 heteroatoms. The van der Waals surface area contributed by atoms with Gasteiger partial charge in [-0.25, -0.2) is 4.79 Å². The van der Waals surface area contributed by atoms with Gasteiger partial charge in [-0.2, -0.15) is 5.10 Å². The Hall–Kier alpha value is -2.56. The summed E-state index contributed by atoms with van der Waals surface area (Å²) in [6.45, 7) is 3.83. The van der Waals surface area contributed by atoms with E-state index in [1.165, 1.54) is 12.3 Å². The quantitative estimate of drug-likeness (QED) is 0.798. The summed E-state index contributed by atoms with van der Waals surface area (Å²) >= 11 is 0. The molecule has 20 heavy (non-hydrogen) atoms. The van der Waals surface area contributed by atoms with Crippen LogP contribution in [0.25, 0.3) is 11.1 Å². The molecule has 0 aliphatic heterocycles. The topological polar surface area (TPSA) is 69.2 Å². The number of carbonyl (C=O) groups excluding carboxylic acids is 1. The SMILES string of the molecule is CCOC(=O)c1nncc(-c2ccc(C)cc2)cc1=O. The van der Waals surface area contributed by atoms with Crippen LogP contribution in [0.4, 0.5) is 0 Å². The monoisotopic (exact) mass is 270 g/mol. The maximum Gasteiger partial charge on any atom is 0.362 e. The molecule has 0 saturated carbocycles. The van der Waals surface area contributed by atoms with Crippen molar-refractivity contribution in [3.8, 4) is 11.1 Å². The first kappa shape index (κ1) is 13.9. The van der Waals surface area contributed by atoms with Crippen LogP contribution in [0.3, 0.4) is 0 Å². The van der Waals surface area contributed by atoms with Crippen LogP contribution in [-0.2, 0) is 4.74 Å². The fourth-order valence-corrected chi connectivity index (χ4v) is 1.69. The summed E-state index contributed by atoms with van der Waals surface area (Å²) in [5.74, 6) is -0.754. The third kappa shape index (κ3) is 3.06. The maximum absolute atomic E-state index is 12.0. The van der Waals surface area contributed by atoms with E-state index in [2.05, 4.69) is 10.2 Å². The number of aryl methyl sites for hydroxylation is 1. The summed E-state index contributed by atoms with van der Waals surface area (Å²) in [6.07, 6.45) is 1.45. The number of benzene rings is 1. The molecular formula is C15H14N2O3. The van der Waals surface area contributed by atoms with Crippen molar-refractivity contribution in [2.24, 2.45) is 0 Å². The second kappa shape index (κ2) is 6.06. The number of aromatic nitrogens is 2. The normalized spacial score (nSPS) is 10.1. The minimum Gasteiger partial charge on any atom is -0.461 e. The number of ether oxygens (including phenoxy) is 1. The van der Waals surface area contributed by atoms with Gasteiger partial charge >= 0.3 is 5.97 Å². The first-order valence-corrected chi connectivity index (χ1v) is 6.23. The van der Waals surface area contributed by atoms with Crippen LogP contribution in [0, 0.1) is 6.92 Å². The molecule has 1 aromatic heterocycles. The molecule has 0 amide bonds. The van der Waals surface area contributed by atoms with Crippen molar-refractivity contribution in [1.29, 1.82) is 0 Å². The third-order valence-corrected chi connectivity index (χ3v) is 2.73. The predicted octanol–water partition coefficient (Wildman–Crippen LogP) is 1.99. The molecule has 2 rings (SSSR count). The Balaban J connectivity index is 2.46. The molecule has 0 aliphatic rings. The zero-order chi connectivity index (χ0) is 14.5. The fraction of sp³-hybridized carbons (Fsp3) is 0.200. The number of nitrogens with zero attached hydrogens (tertiary/aromatic N) is 2. The maximum atomic E-state index is 12.0. The van der Waals surface area contributed by atoms with Crippen LogP contribution < -0.4 is 5.43 Å². The number of hydrogen-bond donors (Lipinski definition) is 0. The number of esters is 1. The molecule has 0 aliphatic carbocycles. The molecule has 0 saturated heterocycles. The fourth-order valence-electron chi connectivity index (χ4n) is 1.69. The van der Waals surface area contributed by atoms with Gasteiger partial charge in [-0.1, -0.05) is 29.8 Å². The number of hydrogen-bond acceptors (Lipinski definition) is 5. The van der Waals surface area contributed by atoms with E-state index >= 15 is 0 Å². The van der Waals surface area contributed by atoms with E-state index in [0.717, 1.165) is 11.1 Å². The average molecular weight is 270 g/mol. The van der Waals surface area contributed by atoms with E-state index < -0.39 is 11.4 Å². The Morgan fingerprint density at radius 1 is 1.20 bits per heavy atom. The molecule has 5 nitrogen and oxygen atoms in total. The summed E-state index contributed by atoms with van der Waals surface area (Å²) < 4.78 is 4.77. The van der Waals surface area contributed by atoms with E-state index in [9.17, 15) is 9.59 Å². The first-order chi connectivity index (χ1) is 9.61. The Kier molecular flexibility index (Phi) is 4.20. The van der Waals surface area contributed by atoms with Gasteiger partial charge in [0, 0.05) is 5.56 Å². The van der Waals surface area contributed by atoms with Gasteiger partial charge in [0.15, 0.2) is 0 Å². The molecule has 0 radical (unpaired) electrons. The van der Waals surface area contributed by atoms with Gasteiger partial charge in [0.25, 0.3) is 0 Å². The van der Waals surface area contributed by atoms with Crippen molar-refractivity contribution in [1.82, 2.24) is 10.2 Å². The summed E-state index contributed by atoms with van der Waals surface area (Å²) in [5.41, 5.74) is 1.77. The Morgan fingerprint density at radius 2 is 1.90 bits per heavy atom. The predicted molar refractivity (Wildman–Crippen MR) is 74.4 cm³/mol. The van der Waals surface area contributed by atoms with Crippen molar-refractivity contribution >= 4 is 5.97 Å². The van der Waals surface area contributed by atoms with E-state index in [4.69, 9.17) is 4.74 Å². The summed E-state index contributed by atoms with van der Waals surface area (Å²) in [5, 5.41) is 7.39. The first-order valence-electron chi connectivity index (χ1n) is 6.23. The molecule has 1 heterocycles. The highest BCUT2D eigenvalue weighted by Crippen LogP contribution is 2.16. The molecule has 102 valence electrons. The van der Waals surface area contributed by atoms with Crippen LogP contribution in [0.1, 0.15) is 23.0 Å². The van der Waals surface area contributed by atoms with Gasteiger partial charge < -0.3 is 4.74 Å². The van der Waals surface area contributed by atoms with Crippen molar-refractivity contribution in [3.63, 3.8) is 0 Å². The van der Waals surface area contributed by atoms with Crippen LogP contribution in [-0.4, -0.2) is 22.8 Å². The lowest BCUT2D eigenvalue weighted by atomic mass is 10.1. The highest BCUT2D eigenvalue weighted by atomic mass is 16.5. The average Bonchev–Trinajstić information content (AvgIpc) is 2.62. The molecule has 0 unspecified atom stereocenters. The molecule has 0 bridgehead atoms. The van der Waals surface area contributed by atoms with E-state index in [1.807, 2.05) is 31.2 Å². The summed E-state index contributed by atoms with van der Waals surface area (Å²) in [6, 6.07) is 8.99. The second-order valence-corrected chi connectivity index (χ2v) is 4.24. The largest absolute Gasteiger partial charge is 0.461 e. The lowest BCUT2D eigenvalue weighted by molar-refractivity contribution is 0.0517. The van der Waals surface area contributed by atoms with Crippen LogP contribution >= 0.6 is 0 Å². The smallest absolute Gasteiger partial charge is 0.362 e. The summed E-state index contributed by atoms with van der Waals surface area (Å²) in [7, 11) is 0. The van der Waals surface area contributed by atoms with Gasteiger partial charge in [-0.05, 0) is 25.5 Å². The van der Waals surface area contributed by atoms with E-state index in [0.29, 0.717) is 5.56 Å². The van der Waals surface area contributed by atoms with Gasteiger partial charge in [0.2, 0.25) is 11.1 Å². The van der Waals surface area contributed by atoms with Crippen LogP contribution in [0.15, 0.2) is 41.3 Å². The Labute approximate surface area is 116 Å². The highest BCUT2D eigenvalue weighted by Gasteiger charge is 2.13. The zero-order valence-corrected chi connectivity index (χ0v) is 11.3. The second-order valence-electron chi connectivity index (χ2n) is 4.24. The molecule has 0 N–H and O–H groups in total. The summed E-state index contributed by atoms with van der Waals surface area (Å²) in [4.78, 5) is 23.6. The Bertz CT molecular complexity index is 681. The molecule has 1 aromatic carbocycles. The molecule has 2 aromatic rings. The minimum absolute atomic E-state index is 0.184. The van der Waals surface area contributed by atoms with Crippen molar-refractivity contribution in [2.75, 3.05) is 6.61 Å². The van der Waals surface area contributed by atoms with Gasteiger partial charge in [0.05, 0.1) is 12.8 Å². The van der Waals surface area contributed by atoms with Crippen molar-refractivity contribution in [3.05, 3.63) is 58.0 Å². The molecule has 0 fully saturated rings. The van der Waals surface area contributed by atoms with Crippen LogP contribution in [0.5, 0.6) is 0 Å². The minimum atomic E-state index is -0.754. The standard InChI is InChI=1S/C15H14N2O3/c1-3-20-15(19)14-13(18)8-12(9-16-17-14)11-6-4-10(2)5-7-11/h4-9H,3H2,1-2H3.